The van der Waals surface area contributed by atoms with Crippen molar-refractivity contribution in [1.29, 1.82) is 0 Å². The molecule has 0 bridgehead atoms. The minimum absolute atomic E-state index is 0.139. The van der Waals surface area contributed by atoms with E-state index in [1.807, 2.05) is 60.0 Å². The van der Waals surface area contributed by atoms with Crippen molar-refractivity contribution < 1.29 is 14.4 Å². The van der Waals surface area contributed by atoms with Gasteiger partial charge in [-0.25, -0.2) is 0 Å². The van der Waals surface area contributed by atoms with Gasteiger partial charge in [0, 0.05) is 23.5 Å². The van der Waals surface area contributed by atoms with Crippen molar-refractivity contribution in [3.63, 3.8) is 0 Å². The minimum atomic E-state index is -0.320. The summed E-state index contributed by atoms with van der Waals surface area (Å²) in [5.41, 5.74) is 2.64. The van der Waals surface area contributed by atoms with Crippen molar-refractivity contribution in [2.24, 2.45) is 0 Å². The molecule has 1 aliphatic rings. The van der Waals surface area contributed by atoms with E-state index < -0.39 is 0 Å². The van der Waals surface area contributed by atoms with Crippen molar-refractivity contribution in [2.75, 3.05) is 13.1 Å². The summed E-state index contributed by atoms with van der Waals surface area (Å²) in [6, 6.07) is 21.0. The topological polar surface area (TPSA) is 66.5 Å². The van der Waals surface area contributed by atoms with E-state index in [4.69, 9.17) is 0 Å². The van der Waals surface area contributed by atoms with E-state index in [-0.39, 0.29) is 30.1 Å². The Balaban J connectivity index is 1.32. The lowest BCUT2D eigenvalue weighted by molar-refractivity contribution is -0.122. The third kappa shape index (κ3) is 4.53. The van der Waals surface area contributed by atoms with Crippen molar-refractivity contribution in [3.05, 3.63) is 87.5 Å². The van der Waals surface area contributed by atoms with Crippen LogP contribution in [0.3, 0.4) is 0 Å². The number of rotatable bonds is 6. The summed E-state index contributed by atoms with van der Waals surface area (Å²) in [5.74, 6) is -0.560. The maximum absolute atomic E-state index is 12.5. The fourth-order valence-electron chi connectivity index (χ4n) is 3.02. The molecule has 1 fully saturated rings. The van der Waals surface area contributed by atoms with E-state index >= 15 is 0 Å². The number of carbonyl (C=O) groups is 3. The Morgan fingerprint density at radius 1 is 0.933 bits per heavy atom. The first-order chi connectivity index (χ1) is 14.6. The van der Waals surface area contributed by atoms with Gasteiger partial charge in [-0.15, -0.1) is 11.3 Å². The largest absolute Gasteiger partial charge is 0.350 e. The van der Waals surface area contributed by atoms with Crippen LogP contribution in [-0.4, -0.2) is 35.0 Å². The number of carbonyl (C=O) groups excluding carboxylic acids is 3. The highest BCUT2D eigenvalue weighted by Gasteiger charge is 2.34. The van der Waals surface area contributed by atoms with E-state index in [0.717, 1.165) is 27.8 Å². The molecule has 150 valence electrons. The molecule has 3 aromatic rings. The van der Waals surface area contributed by atoms with E-state index in [2.05, 4.69) is 5.32 Å². The maximum atomic E-state index is 12.5. The van der Waals surface area contributed by atoms with Gasteiger partial charge in [0.1, 0.15) is 0 Å². The predicted octanol–water partition coefficient (Wildman–Crippen LogP) is 4.88. The second-order valence-corrected chi connectivity index (χ2v) is 8.52. The third-order valence-corrected chi connectivity index (χ3v) is 6.29. The Bertz CT molecular complexity index is 1090. The normalized spacial score (nSPS) is 15.1. The van der Waals surface area contributed by atoms with E-state index in [1.54, 1.807) is 18.2 Å². The van der Waals surface area contributed by atoms with Gasteiger partial charge >= 0.3 is 0 Å². The molecule has 30 heavy (non-hydrogen) atoms. The molecule has 0 saturated carbocycles. The average Bonchev–Trinajstić information content (AvgIpc) is 3.38. The molecule has 3 amide bonds. The lowest BCUT2D eigenvalue weighted by Crippen LogP contribution is -2.37. The maximum Gasteiger partial charge on any atom is 0.293 e. The van der Waals surface area contributed by atoms with E-state index in [0.29, 0.717) is 10.5 Å². The summed E-state index contributed by atoms with van der Waals surface area (Å²) >= 11 is 2.43. The van der Waals surface area contributed by atoms with Gasteiger partial charge in [-0.1, -0.05) is 48.5 Å². The first kappa shape index (κ1) is 20.1. The number of nitrogens with one attached hydrogen (secondary N) is 1. The molecule has 0 aliphatic carbocycles. The highest BCUT2D eigenvalue weighted by Crippen LogP contribution is 2.32. The van der Waals surface area contributed by atoms with Crippen molar-refractivity contribution in [2.45, 2.75) is 0 Å². The minimum Gasteiger partial charge on any atom is -0.350 e. The molecule has 7 heteroatoms. The number of thioether (sulfide) groups is 1. The average molecular weight is 435 g/mol. The van der Waals surface area contributed by atoms with Crippen molar-refractivity contribution in [1.82, 2.24) is 10.2 Å². The number of thiophene rings is 1. The molecule has 1 N–H and O–H groups in total. The lowest BCUT2D eigenvalue weighted by atomic mass is 10.0. The van der Waals surface area contributed by atoms with E-state index in [1.165, 1.54) is 16.2 Å². The Hall–Kier alpha value is -3.16. The molecule has 1 aromatic heterocycles. The van der Waals surface area contributed by atoms with Gasteiger partial charge in [0.2, 0.25) is 0 Å². The Morgan fingerprint density at radius 3 is 2.37 bits per heavy atom. The Labute approximate surface area is 182 Å². The van der Waals surface area contributed by atoms with Crippen LogP contribution in [0, 0.1) is 0 Å². The molecular formula is C23H18N2O3S2. The van der Waals surface area contributed by atoms with Crippen LogP contribution in [0.25, 0.3) is 17.2 Å². The Morgan fingerprint density at radius 2 is 1.67 bits per heavy atom. The molecule has 0 atom stereocenters. The van der Waals surface area contributed by atoms with Crippen LogP contribution >= 0.6 is 23.1 Å². The number of imide groups is 1. The van der Waals surface area contributed by atoms with Gasteiger partial charge in [0.25, 0.3) is 17.1 Å². The van der Waals surface area contributed by atoms with Gasteiger partial charge in [0.15, 0.2) is 0 Å². The zero-order valence-corrected chi connectivity index (χ0v) is 17.5. The van der Waals surface area contributed by atoms with Gasteiger partial charge in [-0.2, -0.15) is 0 Å². The SMILES string of the molecule is O=C(NCCN1C(=O)S/C(=C\c2cccs2)C1=O)c1ccc(-c2ccccc2)cc1. The summed E-state index contributed by atoms with van der Waals surface area (Å²) < 4.78 is 0. The molecule has 1 saturated heterocycles. The number of hydrogen-bond donors (Lipinski definition) is 1. The van der Waals surface area contributed by atoms with Gasteiger partial charge in [0.05, 0.1) is 4.91 Å². The zero-order valence-electron chi connectivity index (χ0n) is 15.9. The monoisotopic (exact) mass is 434 g/mol. The first-order valence-corrected chi connectivity index (χ1v) is 11.0. The standard InChI is InChI=1S/C23H18N2O3S2/c26-21(18-10-8-17(9-11-18)16-5-2-1-3-6-16)24-12-13-25-22(27)20(30-23(25)28)15-19-7-4-14-29-19/h1-11,14-15H,12-13H2,(H,24,26)/b20-15-. The second kappa shape index (κ2) is 9.11. The summed E-state index contributed by atoms with van der Waals surface area (Å²) in [5, 5.41) is 4.37. The van der Waals surface area contributed by atoms with Crippen LogP contribution in [0.5, 0.6) is 0 Å². The molecule has 1 aliphatic heterocycles. The lowest BCUT2D eigenvalue weighted by Gasteiger charge is -2.13. The van der Waals surface area contributed by atoms with Crippen LogP contribution in [0.4, 0.5) is 4.79 Å². The molecule has 2 aromatic carbocycles. The quantitative estimate of drug-likeness (QED) is 0.562. The highest BCUT2D eigenvalue weighted by molar-refractivity contribution is 8.18. The van der Waals surface area contributed by atoms with Crippen LogP contribution in [-0.2, 0) is 4.79 Å². The van der Waals surface area contributed by atoms with Crippen molar-refractivity contribution in [3.8, 4) is 11.1 Å². The zero-order chi connectivity index (χ0) is 20.9. The molecule has 5 nitrogen and oxygen atoms in total. The van der Waals surface area contributed by atoms with E-state index in [9.17, 15) is 14.4 Å². The Kier molecular flexibility index (Phi) is 6.11. The molecule has 4 rings (SSSR count). The van der Waals surface area contributed by atoms with Gasteiger partial charge < -0.3 is 5.32 Å². The summed E-state index contributed by atoms with van der Waals surface area (Å²) in [4.78, 5) is 39.5. The van der Waals surface area contributed by atoms with Crippen LogP contribution in [0.2, 0.25) is 0 Å². The second-order valence-electron chi connectivity index (χ2n) is 6.55. The molecule has 0 radical (unpaired) electrons. The van der Waals surface area contributed by atoms with Crippen LogP contribution in [0.1, 0.15) is 15.2 Å². The fourth-order valence-corrected chi connectivity index (χ4v) is 4.61. The summed E-state index contributed by atoms with van der Waals surface area (Å²) in [6.07, 6.45) is 1.72. The number of benzene rings is 2. The van der Waals surface area contributed by atoms with Gasteiger partial charge in [-0.3, -0.25) is 19.3 Å². The smallest absolute Gasteiger partial charge is 0.293 e. The fraction of sp³-hybridized carbons (Fsp3) is 0.0870. The molecule has 0 unspecified atom stereocenters. The van der Waals surface area contributed by atoms with Crippen molar-refractivity contribution >= 4 is 46.2 Å². The molecule has 0 spiro atoms. The molecule has 2 heterocycles. The first-order valence-electron chi connectivity index (χ1n) is 9.34. The highest BCUT2D eigenvalue weighted by atomic mass is 32.2. The summed E-state index contributed by atoms with van der Waals surface area (Å²) in [6.45, 7) is 0.337. The number of amides is 3. The predicted molar refractivity (Wildman–Crippen MR) is 121 cm³/mol. The summed E-state index contributed by atoms with van der Waals surface area (Å²) in [7, 11) is 0. The molecular weight excluding hydrogens is 416 g/mol. The third-order valence-electron chi connectivity index (χ3n) is 4.57. The van der Waals surface area contributed by atoms with Crippen LogP contribution < -0.4 is 5.32 Å². The number of hydrogen-bond acceptors (Lipinski definition) is 5. The van der Waals surface area contributed by atoms with Crippen LogP contribution in [0.15, 0.2) is 77.0 Å². The van der Waals surface area contributed by atoms with Gasteiger partial charge in [-0.05, 0) is 52.5 Å². The number of nitrogens with zero attached hydrogens (tertiary/aromatic N) is 1.